The highest BCUT2D eigenvalue weighted by Crippen LogP contribution is 2.28. The molecule has 2 rings (SSSR count). The van der Waals surface area contributed by atoms with E-state index < -0.39 is 16.9 Å². The lowest BCUT2D eigenvalue weighted by molar-refractivity contribution is -0.116. The van der Waals surface area contributed by atoms with Crippen LogP contribution >= 0.6 is 0 Å². The molecule has 0 saturated carbocycles. The number of unbranched alkanes of at least 4 members (excludes halogenated alkanes) is 8. The van der Waals surface area contributed by atoms with Gasteiger partial charge >= 0.3 is 5.63 Å². The molecule has 0 fully saturated rings. The van der Waals surface area contributed by atoms with Crippen molar-refractivity contribution in [1.82, 2.24) is 0 Å². The molecule has 0 spiro atoms. The molecule has 0 bridgehead atoms. The lowest BCUT2D eigenvalue weighted by Crippen LogP contribution is -2.11. The number of carbonyl (C=O) groups excluding carboxylic acids is 2. The first-order valence-corrected chi connectivity index (χ1v) is 10.1. The fourth-order valence-corrected chi connectivity index (χ4v) is 3.20. The molecule has 0 unspecified atom stereocenters. The van der Waals surface area contributed by atoms with Crippen molar-refractivity contribution in [2.24, 2.45) is 0 Å². The van der Waals surface area contributed by atoms with E-state index in [0.717, 1.165) is 19.3 Å². The van der Waals surface area contributed by atoms with Gasteiger partial charge in [-0.1, -0.05) is 58.3 Å². The van der Waals surface area contributed by atoms with Crippen molar-refractivity contribution >= 4 is 28.8 Å². The Balaban J connectivity index is 1.80. The molecule has 152 valence electrons. The molecule has 28 heavy (non-hydrogen) atoms. The Hall–Kier alpha value is -2.63. The number of hydrogen-bond acceptors (Lipinski definition) is 5. The number of amides is 1. The molecule has 1 aromatic heterocycles. The molecule has 0 aliphatic heterocycles. The van der Waals surface area contributed by atoms with Crippen LogP contribution in [0.15, 0.2) is 27.4 Å². The molecule has 2 N–H and O–H groups in total. The number of anilines is 1. The van der Waals surface area contributed by atoms with Gasteiger partial charge in [0.15, 0.2) is 6.29 Å². The molecular formula is C22H29NO5. The van der Waals surface area contributed by atoms with Crippen LogP contribution in [0.1, 0.15) is 81.5 Å². The van der Waals surface area contributed by atoms with Gasteiger partial charge in [0.05, 0.1) is 5.39 Å². The molecular weight excluding hydrogens is 358 g/mol. The number of nitrogens with one attached hydrogen (secondary N) is 1. The molecule has 0 aliphatic carbocycles. The standard InChI is InChI=1S/C22H29NO5/c1-2-3-4-5-6-7-8-9-10-11-20(25)23-16-12-13-19-17(14-16)21(26)18(15-24)22(27)28-19/h12-15,26H,2-11H2,1H3,(H,23,25). The van der Waals surface area contributed by atoms with E-state index in [1.807, 2.05) is 0 Å². The van der Waals surface area contributed by atoms with Gasteiger partial charge < -0.3 is 14.8 Å². The molecule has 2 aromatic rings. The van der Waals surface area contributed by atoms with Gasteiger partial charge in [0, 0.05) is 12.1 Å². The van der Waals surface area contributed by atoms with Gasteiger partial charge in [-0.3, -0.25) is 9.59 Å². The maximum atomic E-state index is 12.1. The van der Waals surface area contributed by atoms with Crippen molar-refractivity contribution in [3.63, 3.8) is 0 Å². The van der Waals surface area contributed by atoms with E-state index in [2.05, 4.69) is 12.2 Å². The number of benzene rings is 1. The summed E-state index contributed by atoms with van der Waals surface area (Å²) in [7, 11) is 0. The van der Waals surface area contributed by atoms with Crippen molar-refractivity contribution in [3.05, 3.63) is 34.2 Å². The maximum absolute atomic E-state index is 12.1. The number of rotatable bonds is 12. The number of aromatic hydroxyl groups is 1. The smallest absolute Gasteiger partial charge is 0.350 e. The minimum atomic E-state index is -0.887. The fraction of sp³-hybridized carbons (Fsp3) is 0.500. The second kappa shape index (κ2) is 11.3. The minimum absolute atomic E-state index is 0.102. The Morgan fingerprint density at radius 2 is 1.71 bits per heavy atom. The number of fused-ring (bicyclic) bond motifs is 1. The SMILES string of the molecule is CCCCCCCCCCCC(=O)Nc1ccc2oc(=O)c(C=O)c(O)c2c1. The van der Waals surface area contributed by atoms with Crippen molar-refractivity contribution in [1.29, 1.82) is 0 Å². The largest absolute Gasteiger partial charge is 0.506 e. The van der Waals surface area contributed by atoms with Gasteiger partial charge in [-0.05, 0) is 24.6 Å². The van der Waals surface area contributed by atoms with Crippen molar-refractivity contribution in [2.45, 2.75) is 71.1 Å². The quantitative estimate of drug-likeness (QED) is 0.297. The van der Waals surface area contributed by atoms with Crippen LogP contribution in [0.3, 0.4) is 0 Å². The Kier molecular flexibility index (Phi) is 8.72. The first-order chi connectivity index (χ1) is 13.6. The van der Waals surface area contributed by atoms with Gasteiger partial charge in [-0.25, -0.2) is 4.79 Å². The predicted octanol–water partition coefficient (Wildman–Crippen LogP) is 5.17. The van der Waals surface area contributed by atoms with Crippen LogP contribution in [0, 0.1) is 0 Å². The third-order valence-corrected chi connectivity index (χ3v) is 4.82. The van der Waals surface area contributed by atoms with E-state index in [-0.39, 0.29) is 23.2 Å². The number of aldehydes is 1. The topological polar surface area (TPSA) is 96.6 Å². The summed E-state index contributed by atoms with van der Waals surface area (Å²) in [6.45, 7) is 2.21. The molecule has 0 aliphatic rings. The first kappa shape index (κ1) is 21.7. The van der Waals surface area contributed by atoms with E-state index in [0.29, 0.717) is 12.1 Å². The fourth-order valence-electron chi connectivity index (χ4n) is 3.20. The second-order valence-corrected chi connectivity index (χ2v) is 7.11. The predicted molar refractivity (Wildman–Crippen MR) is 110 cm³/mol. The highest BCUT2D eigenvalue weighted by atomic mass is 16.4. The third kappa shape index (κ3) is 6.22. The minimum Gasteiger partial charge on any atom is -0.506 e. The summed E-state index contributed by atoms with van der Waals surface area (Å²) in [5, 5.41) is 13.1. The van der Waals surface area contributed by atoms with Crippen LogP contribution in [-0.4, -0.2) is 17.3 Å². The average molecular weight is 387 g/mol. The van der Waals surface area contributed by atoms with E-state index in [1.165, 1.54) is 50.7 Å². The maximum Gasteiger partial charge on any atom is 0.350 e. The van der Waals surface area contributed by atoms with Crippen LogP contribution in [0.5, 0.6) is 5.75 Å². The molecule has 0 atom stereocenters. The molecule has 0 saturated heterocycles. The summed E-state index contributed by atoms with van der Waals surface area (Å²) >= 11 is 0. The number of carbonyl (C=O) groups is 2. The Bertz CT molecular complexity index is 856. The Morgan fingerprint density at radius 1 is 1.07 bits per heavy atom. The third-order valence-electron chi connectivity index (χ3n) is 4.82. The van der Waals surface area contributed by atoms with Crippen LogP contribution < -0.4 is 10.9 Å². The second-order valence-electron chi connectivity index (χ2n) is 7.11. The summed E-state index contributed by atoms with van der Waals surface area (Å²) in [4.78, 5) is 34.6. The van der Waals surface area contributed by atoms with E-state index in [4.69, 9.17) is 4.42 Å². The summed E-state index contributed by atoms with van der Waals surface area (Å²) in [6.07, 6.45) is 11.4. The van der Waals surface area contributed by atoms with Gasteiger partial charge in [0.2, 0.25) is 5.91 Å². The summed E-state index contributed by atoms with van der Waals surface area (Å²) in [6, 6.07) is 4.58. The summed E-state index contributed by atoms with van der Waals surface area (Å²) in [5.41, 5.74) is -0.674. The molecule has 6 nitrogen and oxygen atoms in total. The van der Waals surface area contributed by atoms with Crippen molar-refractivity contribution in [2.75, 3.05) is 5.32 Å². The van der Waals surface area contributed by atoms with Crippen LogP contribution in [-0.2, 0) is 4.79 Å². The highest BCUT2D eigenvalue weighted by molar-refractivity contribution is 5.97. The van der Waals surface area contributed by atoms with Crippen LogP contribution in [0.25, 0.3) is 11.0 Å². The van der Waals surface area contributed by atoms with Gasteiger partial charge in [0.25, 0.3) is 0 Å². The molecule has 1 heterocycles. The van der Waals surface area contributed by atoms with Crippen molar-refractivity contribution in [3.8, 4) is 5.75 Å². The number of hydrogen-bond donors (Lipinski definition) is 2. The zero-order chi connectivity index (χ0) is 20.4. The zero-order valence-corrected chi connectivity index (χ0v) is 16.5. The lowest BCUT2D eigenvalue weighted by Gasteiger charge is -2.08. The van der Waals surface area contributed by atoms with Gasteiger partial charge in [-0.2, -0.15) is 0 Å². The van der Waals surface area contributed by atoms with Crippen molar-refractivity contribution < 1.29 is 19.1 Å². The molecule has 6 heteroatoms. The summed E-state index contributed by atoms with van der Waals surface area (Å²) < 4.78 is 5.00. The zero-order valence-electron chi connectivity index (χ0n) is 16.5. The molecule has 0 radical (unpaired) electrons. The Labute approximate surface area is 164 Å². The molecule has 1 aromatic carbocycles. The van der Waals surface area contributed by atoms with E-state index in [9.17, 15) is 19.5 Å². The van der Waals surface area contributed by atoms with Crippen LogP contribution in [0.2, 0.25) is 0 Å². The lowest BCUT2D eigenvalue weighted by atomic mass is 10.1. The van der Waals surface area contributed by atoms with E-state index in [1.54, 1.807) is 6.07 Å². The van der Waals surface area contributed by atoms with Gasteiger partial charge in [0.1, 0.15) is 16.9 Å². The monoisotopic (exact) mass is 387 g/mol. The highest BCUT2D eigenvalue weighted by Gasteiger charge is 2.14. The summed E-state index contributed by atoms with van der Waals surface area (Å²) in [5.74, 6) is -0.536. The first-order valence-electron chi connectivity index (χ1n) is 10.1. The average Bonchev–Trinajstić information content (AvgIpc) is 2.67. The normalized spacial score (nSPS) is 10.9. The molecule has 1 amide bonds. The van der Waals surface area contributed by atoms with Gasteiger partial charge in [-0.15, -0.1) is 0 Å². The van der Waals surface area contributed by atoms with Crippen LogP contribution in [0.4, 0.5) is 5.69 Å². The Morgan fingerprint density at radius 3 is 2.36 bits per heavy atom. The van der Waals surface area contributed by atoms with E-state index >= 15 is 0 Å².